The van der Waals surface area contributed by atoms with Gasteiger partial charge in [0.05, 0.1) is 0 Å². The molecule has 20 heavy (non-hydrogen) atoms. The summed E-state index contributed by atoms with van der Waals surface area (Å²) in [6.07, 6.45) is 8.57. The largest absolute Gasteiger partial charge is 0.342 e. The van der Waals surface area contributed by atoms with Crippen LogP contribution in [0.4, 0.5) is 0 Å². The van der Waals surface area contributed by atoms with E-state index in [0.29, 0.717) is 18.4 Å². The maximum atomic E-state index is 12.4. The minimum Gasteiger partial charge on any atom is -0.342 e. The number of halogens is 1. The molecule has 0 spiro atoms. The zero-order valence-electron chi connectivity index (χ0n) is 13.1. The summed E-state index contributed by atoms with van der Waals surface area (Å²) in [5, 5.41) is 0. The third-order valence-corrected chi connectivity index (χ3v) is 5.35. The van der Waals surface area contributed by atoms with E-state index < -0.39 is 0 Å². The standard InChI is InChI=1S/C16H30N2O.ClH/c1-13(14-6-4-3-5-7-14)10-15(19)18-9-8-16(2,11-17)12-18;/h13-14H,3-12,17H2,1-2H3;1H. The van der Waals surface area contributed by atoms with Gasteiger partial charge in [-0.2, -0.15) is 0 Å². The molecule has 4 heteroatoms. The Morgan fingerprint density at radius 1 is 1.35 bits per heavy atom. The molecule has 2 atom stereocenters. The van der Waals surface area contributed by atoms with Gasteiger partial charge >= 0.3 is 0 Å². The highest BCUT2D eigenvalue weighted by molar-refractivity contribution is 5.85. The van der Waals surface area contributed by atoms with Gasteiger partial charge in [-0.3, -0.25) is 4.79 Å². The number of likely N-dealkylation sites (tertiary alicyclic amines) is 1. The second kappa shape index (κ2) is 7.65. The molecule has 2 unspecified atom stereocenters. The summed E-state index contributed by atoms with van der Waals surface area (Å²) >= 11 is 0. The van der Waals surface area contributed by atoms with Crippen molar-refractivity contribution in [3.63, 3.8) is 0 Å². The number of nitrogens with two attached hydrogens (primary N) is 1. The van der Waals surface area contributed by atoms with E-state index >= 15 is 0 Å². The maximum Gasteiger partial charge on any atom is 0.222 e. The topological polar surface area (TPSA) is 46.3 Å². The van der Waals surface area contributed by atoms with E-state index in [4.69, 9.17) is 5.73 Å². The minimum atomic E-state index is 0. The molecule has 2 fully saturated rings. The molecule has 0 aromatic rings. The van der Waals surface area contributed by atoms with Crippen molar-refractivity contribution in [3.05, 3.63) is 0 Å². The van der Waals surface area contributed by atoms with Gasteiger partial charge in [-0.05, 0) is 30.2 Å². The van der Waals surface area contributed by atoms with Crippen LogP contribution in [0.3, 0.4) is 0 Å². The van der Waals surface area contributed by atoms with E-state index in [1.165, 1.54) is 32.1 Å². The molecule has 2 aliphatic rings. The number of carbonyl (C=O) groups excluding carboxylic acids is 1. The molecule has 1 amide bonds. The average molecular weight is 303 g/mol. The van der Waals surface area contributed by atoms with E-state index in [1.807, 2.05) is 4.90 Å². The molecule has 0 aromatic carbocycles. The third kappa shape index (κ3) is 4.36. The molecule has 1 aliphatic carbocycles. The first-order valence-corrected chi connectivity index (χ1v) is 8.02. The number of carbonyl (C=O) groups is 1. The lowest BCUT2D eigenvalue weighted by Gasteiger charge is -2.29. The summed E-state index contributed by atoms with van der Waals surface area (Å²) in [6.45, 7) is 6.93. The number of hydrogen-bond acceptors (Lipinski definition) is 2. The summed E-state index contributed by atoms with van der Waals surface area (Å²) in [6, 6.07) is 0. The molecule has 0 radical (unpaired) electrons. The van der Waals surface area contributed by atoms with Crippen molar-refractivity contribution in [2.24, 2.45) is 23.0 Å². The van der Waals surface area contributed by atoms with Crippen LogP contribution in [0.5, 0.6) is 0 Å². The fourth-order valence-electron chi connectivity index (χ4n) is 3.68. The predicted octanol–water partition coefficient (Wildman–Crippen LogP) is 3.21. The van der Waals surface area contributed by atoms with E-state index in [0.717, 1.165) is 31.8 Å². The van der Waals surface area contributed by atoms with Gasteiger partial charge in [0, 0.05) is 19.5 Å². The first-order chi connectivity index (χ1) is 9.04. The highest BCUT2D eigenvalue weighted by Gasteiger charge is 2.35. The van der Waals surface area contributed by atoms with E-state index in [2.05, 4.69) is 13.8 Å². The van der Waals surface area contributed by atoms with E-state index in [1.54, 1.807) is 0 Å². The maximum absolute atomic E-state index is 12.4. The lowest BCUT2D eigenvalue weighted by Crippen LogP contribution is -2.35. The van der Waals surface area contributed by atoms with E-state index in [-0.39, 0.29) is 17.8 Å². The molecule has 0 aromatic heterocycles. The molecular weight excluding hydrogens is 272 g/mol. The van der Waals surface area contributed by atoms with Crippen LogP contribution in [-0.4, -0.2) is 30.4 Å². The monoisotopic (exact) mass is 302 g/mol. The van der Waals surface area contributed by atoms with Gasteiger partial charge in [0.15, 0.2) is 0 Å². The zero-order valence-corrected chi connectivity index (χ0v) is 13.9. The Hall–Kier alpha value is -0.280. The van der Waals surface area contributed by atoms with Crippen molar-refractivity contribution in [2.45, 2.75) is 58.8 Å². The molecule has 118 valence electrons. The molecule has 2 rings (SSSR count). The molecule has 1 heterocycles. The molecule has 1 saturated heterocycles. The van der Waals surface area contributed by atoms with Gasteiger partial charge in [0.1, 0.15) is 0 Å². The number of rotatable bonds is 4. The first-order valence-electron chi connectivity index (χ1n) is 8.02. The molecular formula is C16H31ClN2O. The lowest BCUT2D eigenvalue weighted by atomic mass is 9.79. The van der Waals surface area contributed by atoms with Crippen LogP contribution >= 0.6 is 12.4 Å². The zero-order chi connectivity index (χ0) is 13.9. The Morgan fingerprint density at radius 3 is 2.55 bits per heavy atom. The minimum absolute atomic E-state index is 0. The Morgan fingerprint density at radius 2 is 2.00 bits per heavy atom. The van der Waals surface area contributed by atoms with Crippen LogP contribution in [0, 0.1) is 17.3 Å². The van der Waals surface area contributed by atoms with Crippen LogP contribution in [0.1, 0.15) is 58.8 Å². The Balaban J connectivity index is 0.00000200. The van der Waals surface area contributed by atoms with Crippen LogP contribution in [0.25, 0.3) is 0 Å². The van der Waals surface area contributed by atoms with Gasteiger partial charge in [0.2, 0.25) is 5.91 Å². The van der Waals surface area contributed by atoms with Crippen LogP contribution < -0.4 is 5.73 Å². The number of nitrogens with zero attached hydrogens (tertiary/aromatic N) is 1. The van der Waals surface area contributed by atoms with Gasteiger partial charge in [-0.1, -0.05) is 46.0 Å². The normalized spacial score (nSPS) is 29.1. The molecule has 2 N–H and O–H groups in total. The number of hydrogen-bond donors (Lipinski definition) is 1. The fraction of sp³-hybridized carbons (Fsp3) is 0.938. The van der Waals surface area contributed by atoms with Crippen molar-refractivity contribution < 1.29 is 4.79 Å². The van der Waals surface area contributed by atoms with Crippen molar-refractivity contribution in [1.82, 2.24) is 4.90 Å². The highest BCUT2D eigenvalue weighted by Crippen LogP contribution is 2.33. The number of amides is 1. The van der Waals surface area contributed by atoms with Gasteiger partial charge in [-0.25, -0.2) is 0 Å². The highest BCUT2D eigenvalue weighted by atomic mass is 35.5. The van der Waals surface area contributed by atoms with Crippen molar-refractivity contribution in [1.29, 1.82) is 0 Å². The summed E-state index contributed by atoms with van der Waals surface area (Å²) in [7, 11) is 0. The van der Waals surface area contributed by atoms with Crippen molar-refractivity contribution in [3.8, 4) is 0 Å². The van der Waals surface area contributed by atoms with Crippen LogP contribution in [0.15, 0.2) is 0 Å². The predicted molar refractivity (Wildman–Crippen MR) is 86.0 cm³/mol. The van der Waals surface area contributed by atoms with Gasteiger partial charge in [-0.15, -0.1) is 12.4 Å². The summed E-state index contributed by atoms with van der Waals surface area (Å²) < 4.78 is 0. The molecule has 1 saturated carbocycles. The quantitative estimate of drug-likeness (QED) is 0.867. The second-order valence-corrected chi connectivity index (χ2v) is 7.16. The lowest BCUT2D eigenvalue weighted by molar-refractivity contribution is -0.131. The second-order valence-electron chi connectivity index (χ2n) is 7.16. The van der Waals surface area contributed by atoms with E-state index in [9.17, 15) is 4.79 Å². The van der Waals surface area contributed by atoms with Crippen molar-refractivity contribution in [2.75, 3.05) is 19.6 Å². The Labute approximate surface area is 130 Å². The Kier molecular flexibility index (Phi) is 6.80. The SMILES string of the molecule is CC(CC(=O)N1CCC(C)(CN)C1)C1CCCCC1.Cl. The summed E-state index contributed by atoms with van der Waals surface area (Å²) in [5.41, 5.74) is 5.97. The fourth-order valence-corrected chi connectivity index (χ4v) is 3.68. The van der Waals surface area contributed by atoms with Gasteiger partial charge in [0.25, 0.3) is 0 Å². The average Bonchev–Trinajstić information content (AvgIpc) is 2.83. The van der Waals surface area contributed by atoms with Crippen LogP contribution in [0.2, 0.25) is 0 Å². The smallest absolute Gasteiger partial charge is 0.222 e. The first kappa shape index (κ1) is 17.8. The summed E-state index contributed by atoms with van der Waals surface area (Å²) in [5.74, 6) is 1.69. The van der Waals surface area contributed by atoms with Gasteiger partial charge < -0.3 is 10.6 Å². The molecule has 0 bridgehead atoms. The summed E-state index contributed by atoms with van der Waals surface area (Å²) in [4.78, 5) is 14.4. The Bertz CT molecular complexity index is 318. The van der Waals surface area contributed by atoms with Crippen LogP contribution in [-0.2, 0) is 4.79 Å². The molecule has 3 nitrogen and oxygen atoms in total. The third-order valence-electron chi connectivity index (χ3n) is 5.35. The molecule has 1 aliphatic heterocycles. The van der Waals surface area contributed by atoms with Crippen molar-refractivity contribution >= 4 is 18.3 Å².